The number of halogens is 5. The number of carbonyl (C=O) groups excluding carboxylic acids is 1. The Hall–Kier alpha value is -0.110. The monoisotopic (exact) mass is 406 g/mol. The first-order valence-electron chi connectivity index (χ1n) is 4.32. The molecule has 0 spiro atoms. The fraction of sp³-hybridized carbons (Fsp3) is 0.300. The third kappa shape index (κ3) is 3.19. The smallest absolute Gasteiger partial charge is 0.294 e. The van der Waals surface area contributed by atoms with Gasteiger partial charge in [-0.25, -0.2) is 0 Å². The molecule has 6 heteroatoms. The van der Waals surface area contributed by atoms with Crippen LogP contribution in [0.4, 0.5) is 13.2 Å². The van der Waals surface area contributed by atoms with Crippen LogP contribution < -0.4 is 0 Å². The first-order chi connectivity index (χ1) is 7.38. The number of Topliss-reactive ketones (excluding diaryl/α,β-unsaturated/α-hetero) is 1. The van der Waals surface area contributed by atoms with Crippen molar-refractivity contribution in [2.75, 3.05) is 5.33 Å². The van der Waals surface area contributed by atoms with Crippen molar-refractivity contribution in [3.05, 3.63) is 32.9 Å². The number of hydrogen-bond donors (Lipinski definition) is 0. The van der Waals surface area contributed by atoms with Crippen molar-refractivity contribution >= 4 is 44.3 Å². The molecule has 1 aromatic rings. The third-order valence-corrected chi connectivity index (χ3v) is 3.21. The summed E-state index contributed by atoms with van der Waals surface area (Å²) >= 11 is 4.63. The highest BCUT2D eigenvalue weighted by Gasteiger charge is 2.36. The lowest BCUT2D eigenvalue weighted by atomic mass is 10.0. The molecule has 0 bridgehead atoms. The van der Waals surface area contributed by atoms with Crippen LogP contribution in [-0.4, -0.2) is 11.1 Å². The van der Waals surface area contributed by atoms with Gasteiger partial charge in [-0.15, -0.1) is 0 Å². The molecule has 0 aliphatic rings. The van der Waals surface area contributed by atoms with Gasteiger partial charge < -0.3 is 0 Å². The largest absolute Gasteiger partial charge is 0.418 e. The first kappa shape index (κ1) is 14.0. The molecule has 1 nitrogen and oxygen atoms in total. The van der Waals surface area contributed by atoms with Gasteiger partial charge in [0, 0.05) is 20.9 Å². The lowest BCUT2D eigenvalue weighted by molar-refractivity contribution is -0.138. The lowest BCUT2D eigenvalue weighted by Crippen LogP contribution is -2.15. The summed E-state index contributed by atoms with van der Waals surface area (Å²) in [7, 11) is 0. The minimum atomic E-state index is -4.49. The van der Waals surface area contributed by atoms with Crippen LogP contribution in [-0.2, 0) is 6.18 Å². The lowest BCUT2D eigenvalue weighted by Gasteiger charge is -2.13. The van der Waals surface area contributed by atoms with Crippen molar-refractivity contribution in [1.82, 2.24) is 0 Å². The van der Waals surface area contributed by atoms with Gasteiger partial charge in [-0.3, -0.25) is 4.79 Å². The summed E-state index contributed by atoms with van der Waals surface area (Å²) < 4.78 is 38.3. The van der Waals surface area contributed by atoms with Crippen LogP contribution in [0.2, 0.25) is 0 Å². The molecular weight excluding hydrogens is 400 g/mol. The third-order valence-electron chi connectivity index (χ3n) is 1.92. The van der Waals surface area contributed by atoms with Crippen molar-refractivity contribution in [2.45, 2.75) is 12.6 Å². The molecule has 0 atom stereocenters. The summed E-state index contributed by atoms with van der Waals surface area (Å²) in [6.07, 6.45) is -4.43. The van der Waals surface area contributed by atoms with Gasteiger partial charge in [0.15, 0.2) is 5.78 Å². The number of hydrogen-bond acceptors (Lipinski definition) is 1. The molecule has 0 unspecified atom stereocenters. The van der Waals surface area contributed by atoms with Crippen molar-refractivity contribution in [2.24, 2.45) is 0 Å². The van der Waals surface area contributed by atoms with Crippen molar-refractivity contribution in [1.29, 1.82) is 0 Å². The number of benzene rings is 1. The van der Waals surface area contributed by atoms with Crippen molar-refractivity contribution in [3.8, 4) is 0 Å². The maximum Gasteiger partial charge on any atom is 0.418 e. The molecule has 0 saturated heterocycles. The Morgan fingerprint density at radius 1 is 1.38 bits per heavy atom. The normalized spacial score (nSPS) is 11.6. The zero-order valence-electron chi connectivity index (χ0n) is 7.94. The Balaban J connectivity index is 3.29. The van der Waals surface area contributed by atoms with Crippen LogP contribution >= 0.6 is 38.5 Å². The Morgan fingerprint density at radius 3 is 2.50 bits per heavy atom. The zero-order valence-corrected chi connectivity index (χ0v) is 11.7. The Kier molecular flexibility index (Phi) is 4.78. The molecule has 0 saturated carbocycles. The second kappa shape index (κ2) is 5.48. The molecular formula is C10H7BrF3IO. The summed E-state index contributed by atoms with van der Waals surface area (Å²) in [4.78, 5) is 11.5. The fourth-order valence-electron chi connectivity index (χ4n) is 1.27. The highest BCUT2D eigenvalue weighted by Crippen LogP contribution is 2.35. The van der Waals surface area contributed by atoms with Crippen LogP contribution in [0.5, 0.6) is 0 Å². The number of rotatable bonds is 3. The van der Waals surface area contributed by atoms with E-state index in [0.29, 0.717) is 5.33 Å². The zero-order chi connectivity index (χ0) is 12.3. The summed E-state index contributed by atoms with van der Waals surface area (Å²) in [5.41, 5.74) is -1.08. The van der Waals surface area contributed by atoms with E-state index >= 15 is 0 Å². The van der Waals surface area contributed by atoms with Gasteiger partial charge in [0.2, 0.25) is 0 Å². The molecule has 16 heavy (non-hydrogen) atoms. The van der Waals surface area contributed by atoms with Crippen LogP contribution in [0.1, 0.15) is 22.3 Å². The fourth-order valence-corrected chi connectivity index (χ4v) is 2.43. The van der Waals surface area contributed by atoms with Gasteiger partial charge in [0.05, 0.1) is 5.56 Å². The summed E-state index contributed by atoms with van der Waals surface area (Å²) in [6, 6.07) is 4.02. The van der Waals surface area contributed by atoms with E-state index in [0.717, 1.165) is 0 Å². The van der Waals surface area contributed by atoms with Gasteiger partial charge in [-0.05, 0) is 28.7 Å². The minimum Gasteiger partial charge on any atom is -0.294 e. The predicted molar refractivity (Wildman–Crippen MR) is 66.9 cm³/mol. The highest BCUT2D eigenvalue weighted by molar-refractivity contribution is 14.1. The van der Waals surface area contributed by atoms with E-state index in [2.05, 4.69) is 15.9 Å². The first-order valence-corrected chi connectivity index (χ1v) is 6.53. The molecule has 0 aromatic heterocycles. The SMILES string of the molecule is O=C(CCBr)c1cccc(I)c1C(F)(F)F. The summed E-state index contributed by atoms with van der Waals surface area (Å²) in [5, 5.41) is 0.356. The topological polar surface area (TPSA) is 17.1 Å². The van der Waals surface area contributed by atoms with Crippen molar-refractivity contribution < 1.29 is 18.0 Å². The Morgan fingerprint density at radius 2 is 2.00 bits per heavy atom. The van der Waals surface area contributed by atoms with Crippen LogP contribution in [0, 0.1) is 3.57 Å². The minimum absolute atomic E-state index is 0.0468. The van der Waals surface area contributed by atoms with Crippen LogP contribution in [0.25, 0.3) is 0 Å². The average molecular weight is 407 g/mol. The van der Waals surface area contributed by atoms with Gasteiger partial charge in [-0.1, -0.05) is 28.1 Å². The van der Waals surface area contributed by atoms with Gasteiger partial charge >= 0.3 is 6.18 Å². The van der Waals surface area contributed by atoms with E-state index in [1.165, 1.54) is 18.2 Å². The van der Waals surface area contributed by atoms with Crippen molar-refractivity contribution in [3.63, 3.8) is 0 Å². The van der Waals surface area contributed by atoms with Gasteiger partial charge in [-0.2, -0.15) is 13.2 Å². The number of alkyl halides is 4. The molecule has 0 radical (unpaired) electrons. The molecule has 1 aromatic carbocycles. The van der Waals surface area contributed by atoms with E-state index in [1.54, 1.807) is 22.6 Å². The van der Waals surface area contributed by atoms with E-state index in [4.69, 9.17) is 0 Å². The van der Waals surface area contributed by atoms with E-state index in [1.807, 2.05) is 0 Å². The van der Waals surface area contributed by atoms with E-state index < -0.39 is 17.5 Å². The quantitative estimate of drug-likeness (QED) is 0.416. The molecule has 0 amide bonds. The second-order valence-electron chi connectivity index (χ2n) is 3.02. The number of ketones is 1. The maximum absolute atomic E-state index is 12.7. The van der Waals surface area contributed by atoms with E-state index in [9.17, 15) is 18.0 Å². The molecule has 0 heterocycles. The maximum atomic E-state index is 12.7. The number of carbonyl (C=O) groups is 1. The molecule has 0 N–H and O–H groups in total. The van der Waals surface area contributed by atoms with Crippen LogP contribution in [0.15, 0.2) is 18.2 Å². The second-order valence-corrected chi connectivity index (χ2v) is 4.98. The van der Waals surface area contributed by atoms with Gasteiger partial charge in [0.1, 0.15) is 0 Å². The molecule has 0 aliphatic heterocycles. The molecule has 88 valence electrons. The Bertz CT molecular complexity index is 404. The van der Waals surface area contributed by atoms with Crippen LogP contribution in [0.3, 0.4) is 0 Å². The molecule has 1 rings (SSSR count). The molecule has 0 fully saturated rings. The summed E-state index contributed by atoms with van der Waals surface area (Å²) in [5.74, 6) is -0.497. The van der Waals surface area contributed by atoms with Gasteiger partial charge in [0.25, 0.3) is 0 Å². The summed E-state index contributed by atoms with van der Waals surface area (Å²) in [6.45, 7) is 0. The Labute approximate surface area is 113 Å². The highest BCUT2D eigenvalue weighted by atomic mass is 127. The molecule has 0 aliphatic carbocycles. The predicted octanol–water partition coefficient (Wildman–Crippen LogP) is 4.28. The average Bonchev–Trinajstić information content (AvgIpc) is 2.15. The standard InChI is InChI=1S/C10H7BrF3IO/c11-5-4-8(16)6-2-1-3-7(15)9(6)10(12,13)14/h1-3H,4-5H2. The van der Waals surface area contributed by atoms with E-state index in [-0.39, 0.29) is 15.6 Å².